The van der Waals surface area contributed by atoms with Crippen molar-refractivity contribution in [3.05, 3.63) is 65.5 Å². The first kappa shape index (κ1) is 27.9. The summed E-state index contributed by atoms with van der Waals surface area (Å²) in [6, 6.07) is 6.12. The van der Waals surface area contributed by atoms with Crippen LogP contribution in [-0.2, 0) is 14.8 Å². The number of hydrogen-bond donors (Lipinski definition) is 1. The van der Waals surface area contributed by atoms with Gasteiger partial charge in [-0.25, -0.2) is 26.4 Å². The lowest BCUT2D eigenvalue weighted by Gasteiger charge is -2.45. The van der Waals surface area contributed by atoms with Crippen molar-refractivity contribution >= 4 is 16.1 Å². The minimum absolute atomic E-state index is 0.0627. The summed E-state index contributed by atoms with van der Waals surface area (Å²) in [6.07, 6.45) is 4.52. The zero-order valence-electron chi connectivity index (χ0n) is 21.6. The van der Waals surface area contributed by atoms with Gasteiger partial charge in [0.2, 0.25) is 10.0 Å². The van der Waals surface area contributed by atoms with E-state index in [1.807, 2.05) is 0 Å². The molecule has 5 rings (SSSR count). The minimum Gasteiger partial charge on any atom is -0.441 e. The fraction of sp³-hybridized carbons (Fsp3) is 0.536. The second kappa shape index (κ2) is 11.1. The Morgan fingerprint density at radius 3 is 2.46 bits per heavy atom. The van der Waals surface area contributed by atoms with Gasteiger partial charge in [0.15, 0.2) is 0 Å². The first-order chi connectivity index (χ1) is 18.7. The zero-order valence-corrected chi connectivity index (χ0v) is 22.4. The van der Waals surface area contributed by atoms with Crippen LogP contribution in [0.25, 0.3) is 0 Å². The summed E-state index contributed by atoms with van der Waals surface area (Å²) in [4.78, 5) is 14.3. The molecular formula is C28H33F3N2O5S. The maximum atomic E-state index is 14.9. The van der Waals surface area contributed by atoms with Crippen molar-refractivity contribution in [3.8, 4) is 0 Å². The van der Waals surface area contributed by atoms with Crippen molar-refractivity contribution in [1.29, 1.82) is 0 Å². The van der Waals surface area contributed by atoms with E-state index in [4.69, 9.17) is 4.74 Å². The lowest BCUT2D eigenvalue weighted by molar-refractivity contribution is -0.0189. The van der Waals surface area contributed by atoms with Crippen LogP contribution in [0.4, 0.5) is 18.0 Å². The number of likely N-dealkylation sites (tertiary alicyclic amines) is 1. The Hall–Kier alpha value is -2.63. The predicted octanol–water partition coefficient (Wildman–Crippen LogP) is 5.29. The van der Waals surface area contributed by atoms with Crippen LogP contribution in [-0.4, -0.2) is 59.7 Å². The summed E-state index contributed by atoms with van der Waals surface area (Å²) in [5.74, 6) is -2.67. The van der Waals surface area contributed by atoms with E-state index in [1.54, 1.807) is 11.0 Å². The highest BCUT2D eigenvalue weighted by atomic mass is 32.2. The second-order valence-electron chi connectivity index (χ2n) is 10.7. The van der Waals surface area contributed by atoms with Gasteiger partial charge in [-0.15, -0.1) is 0 Å². The van der Waals surface area contributed by atoms with E-state index in [0.717, 1.165) is 31.4 Å². The molecule has 11 heteroatoms. The number of piperidine rings is 2. The number of rotatable bonds is 7. The van der Waals surface area contributed by atoms with Crippen molar-refractivity contribution in [3.63, 3.8) is 0 Å². The largest absolute Gasteiger partial charge is 0.441 e. The van der Waals surface area contributed by atoms with Crippen molar-refractivity contribution in [2.24, 2.45) is 0 Å². The quantitative estimate of drug-likeness (QED) is 0.492. The van der Waals surface area contributed by atoms with Gasteiger partial charge in [-0.05, 0) is 87.6 Å². The predicted molar refractivity (Wildman–Crippen MR) is 137 cm³/mol. The molecule has 2 aliphatic heterocycles. The molecule has 0 radical (unpaired) electrons. The molecule has 2 aromatic carbocycles. The normalized spacial score (nSPS) is 25.3. The number of aliphatic hydroxyl groups excluding tert-OH is 1. The van der Waals surface area contributed by atoms with Gasteiger partial charge < -0.3 is 14.7 Å². The molecule has 0 aromatic heterocycles. The van der Waals surface area contributed by atoms with Crippen molar-refractivity contribution < 1.29 is 36.2 Å². The Kier molecular flexibility index (Phi) is 7.94. The van der Waals surface area contributed by atoms with Crippen LogP contribution in [0.15, 0.2) is 47.4 Å². The van der Waals surface area contributed by atoms with Gasteiger partial charge in [0, 0.05) is 25.3 Å². The molecule has 39 heavy (non-hydrogen) atoms. The molecule has 1 N–H and O–H groups in total. The Labute approximate surface area is 226 Å². The summed E-state index contributed by atoms with van der Waals surface area (Å²) in [5, 5.41) is 9.46. The molecule has 2 heterocycles. The van der Waals surface area contributed by atoms with Gasteiger partial charge in [-0.1, -0.05) is 12.1 Å². The smallest absolute Gasteiger partial charge is 0.410 e. The molecule has 1 unspecified atom stereocenters. The average molecular weight is 567 g/mol. The highest BCUT2D eigenvalue weighted by Crippen LogP contribution is 2.53. The number of halogens is 3. The monoisotopic (exact) mass is 566 g/mol. The lowest BCUT2D eigenvalue weighted by Crippen LogP contribution is -2.55. The first-order valence-corrected chi connectivity index (χ1v) is 14.9. The molecule has 7 nitrogen and oxygen atoms in total. The number of sulfonamides is 1. The van der Waals surface area contributed by atoms with E-state index in [2.05, 4.69) is 0 Å². The van der Waals surface area contributed by atoms with Crippen LogP contribution in [0.2, 0.25) is 0 Å². The minimum atomic E-state index is -4.56. The maximum Gasteiger partial charge on any atom is 0.410 e. The van der Waals surface area contributed by atoms with E-state index in [0.29, 0.717) is 56.7 Å². The van der Waals surface area contributed by atoms with Gasteiger partial charge in [0.05, 0.1) is 12.1 Å². The Bertz CT molecular complexity index is 1320. The molecule has 1 amide bonds. The number of benzene rings is 2. The molecule has 0 bridgehead atoms. The Morgan fingerprint density at radius 2 is 1.77 bits per heavy atom. The van der Waals surface area contributed by atoms with Gasteiger partial charge >= 0.3 is 6.09 Å². The number of carbonyl (C=O) groups is 1. The topological polar surface area (TPSA) is 87.2 Å². The molecule has 1 saturated carbocycles. The van der Waals surface area contributed by atoms with E-state index in [9.17, 15) is 31.5 Å². The number of hydrogen-bond acceptors (Lipinski definition) is 5. The third kappa shape index (κ3) is 5.53. The van der Waals surface area contributed by atoms with Crippen LogP contribution in [0.3, 0.4) is 0 Å². The van der Waals surface area contributed by atoms with Gasteiger partial charge in [-0.3, -0.25) is 0 Å². The standard InChI is InChI=1S/C28H33F3N2O5S/c29-20-6-3-5-19(17-20)24-8-4-9-26(33(24)39(36,37)25-11-10-21(30)18-23(25)31)28(13-14-28)38-27(35)32-15-2-1-7-22(32)12-16-34/h3,5-6,10-11,17-18,22,24,26,34H,1-2,4,7-9,12-16H2/t22?,24-,26+/m0/s1. The van der Waals surface area contributed by atoms with Crippen LogP contribution in [0.1, 0.15) is 69.4 Å². The highest BCUT2D eigenvalue weighted by molar-refractivity contribution is 7.89. The summed E-state index contributed by atoms with van der Waals surface area (Å²) >= 11 is 0. The summed E-state index contributed by atoms with van der Waals surface area (Å²) in [6.45, 7) is 0.422. The van der Waals surface area contributed by atoms with Crippen LogP contribution < -0.4 is 0 Å². The summed E-state index contributed by atoms with van der Waals surface area (Å²) in [7, 11) is -4.56. The summed E-state index contributed by atoms with van der Waals surface area (Å²) in [5.41, 5.74) is -0.708. The molecule has 1 aliphatic carbocycles. The van der Waals surface area contributed by atoms with Crippen LogP contribution in [0.5, 0.6) is 0 Å². The molecule has 3 atom stereocenters. The zero-order chi connectivity index (χ0) is 27.8. The average Bonchev–Trinajstić information content (AvgIpc) is 3.69. The van der Waals surface area contributed by atoms with Crippen molar-refractivity contribution in [1.82, 2.24) is 9.21 Å². The van der Waals surface area contributed by atoms with E-state index < -0.39 is 56.1 Å². The fourth-order valence-corrected chi connectivity index (χ4v) is 8.15. The first-order valence-electron chi connectivity index (χ1n) is 13.5. The van der Waals surface area contributed by atoms with Gasteiger partial charge in [0.25, 0.3) is 0 Å². The number of carbonyl (C=O) groups excluding carboxylic acids is 1. The number of ether oxygens (including phenoxy) is 1. The Morgan fingerprint density at radius 1 is 1.00 bits per heavy atom. The molecule has 0 spiro atoms. The van der Waals surface area contributed by atoms with E-state index in [1.165, 1.54) is 22.5 Å². The van der Waals surface area contributed by atoms with Gasteiger partial charge in [0.1, 0.15) is 27.9 Å². The summed E-state index contributed by atoms with van der Waals surface area (Å²) < 4.78 is 78.2. The van der Waals surface area contributed by atoms with Crippen LogP contribution in [0, 0.1) is 17.5 Å². The number of nitrogens with zero attached hydrogens (tertiary/aromatic N) is 2. The fourth-order valence-electron chi connectivity index (χ4n) is 6.18. The molecule has 2 saturated heterocycles. The molecule has 3 aliphatic rings. The molecule has 3 fully saturated rings. The third-order valence-electron chi connectivity index (χ3n) is 8.22. The Balaban J connectivity index is 1.52. The molecule has 212 valence electrons. The van der Waals surface area contributed by atoms with Crippen molar-refractivity contribution in [2.45, 2.75) is 86.4 Å². The van der Waals surface area contributed by atoms with E-state index in [-0.39, 0.29) is 12.6 Å². The number of aliphatic hydroxyl groups is 1. The molecular weight excluding hydrogens is 533 g/mol. The molecule has 2 aromatic rings. The SMILES string of the molecule is O=C(OC1([C@H]2CCC[C@@H](c3cccc(F)c3)N2S(=O)(=O)c2ccc(F)cc2F)CC1)N1CCCCC1CCO. The highest BCUT2D eigenvalue weighted by Gasteiger charge is 2.60. The third-order valence-corrected chi connectivity index (χ3v) is 10.2. The van der Waals surface area contributed by atoms with Crippen LogP contribution >= 0.6 is 0 Å². The van der Waals surface area contributed by atoms with Gasteiger partial charge in [-0.2, -0.15) is 4.31 Å². The van der Waals surface area contributed by atoms with Crippen molar-refractivity contribution in [2.75, 3.05) is 13.2 Å². The maximum absolute atomic E-state index is 14.9. The second-order valence-corrected chi connectivity index (χ2v) is 12.5. The lowest BCUT2D eigenvalue weighted by atomic mass is 9.90. The van der Waals surface area contributed by atoms with E-state index >= 15 is 0 Å². The number of amides is 1.